The Morgan fingerprint density at radius 1 is 1.37 bits per heavy atom. The van der Waals surface area contributed by atoms with Crippen molar-refractivity contribution >= 4 is 23.3 Å². The fourth-order valence-electron chi connectivity index (χ4n) is 1.96. The Kier molecular flexibility index (Phi) is 3.28. The van der Waals surface area contributed by atoms with E-state index in [0.29, 0.717) is 24.2 Å². The molecule has 1 aromatic rings. The van der Waals surface area contributed by atoms with Crippen LogP contribution in [-0.2, 0) is 16.0 Å². The Morgan fingerprint density at radius 3 is 2.74 bits per heavy atom. The minimum Gasteiger partial charge on any atom is -0.478 e. The van der Waals surface area contributed by atoms with Gasteiger partial charge in [-0.2, -0.15) is 0 Å². The van der Waals surface area contributed by atoms with E-state index < -0.39 is 16.8 Å². The number of nitro groups is 1. The van der Waals surface area contributed by atoms with Crippen molar-refractivity contribution in [2.45, 2.75) is 6.42 Å². The summed E-state index contributed by atoms with van der Waals surface area (Å²) in [5.74, 6) is -1.65. The summed E-state index contributed by atoms with van der Waals surface area (Å²) in [6.45, 7) is 0.388. The lowest BCUT2D eigenvalue weighted by Crippen LogP contribution is -2.27. The van der Waals surface area contributed by atoms with Gasteiger partial charge in [-0.15, -0.1) is 0 Å². The first-order valence-electron chi connectivity index (χ1n) is 5.49. The minimum absolute atomic E-state index is 0.0193. The largest absolute Gasteiger partial charge is 0.478 e. The molecule has 1 N–H and O–H groups in total. The normalized spacial score (nSPS) is 13.6. The number of carbonyl (C=O) groups is 2. The molecular weight excluding hydrogens is 252 g/mol. The van der Waals surface area contributed by atoms with Crippen molar-refractivity contribution in [3.05, 3.63) is 46.0 Å². The number of benzene rings is 1. The summed E-state index contributed by atoms with van der Waals surface area (Å²) in [7, 11) is 0. The van der Waals surface area contributed by atoms with E-state index in [-0.39, 0.29) is 5.69 Å². The van der Waals surface area contributed by atoms with Gasteiger partial charge in [-0.25, -0.2) is 4.79 Å². The highest BCUT2D eigenvalue weighted by Crippen LogP contribution is 2.31. The van der Waals surface area contributed by atoms with Crippen LogP contribution < -0.4 is 4.90 Å². The number of fused-ring (bicyclic) bond motifs is 1. The van der Waals surface area contributed by atoms with Gasteiger partial charge in [-0.1, -0.05) is 0 Å². The van der Waals surface area contributed by atoms with Crippen LogP contribution in [0.4, 0.5) is 11.4 Å². The summed E-state index contributed by atoms with van der Waals surface area (Å²) in [6, 6.07) is 4.27. The fraction of sp³-hybridized carbons (Fsp3) is 0.167. The van der Waals surface area contributed by atoms with Crippen molar-refractivity contribution < 1.29 is 19.6 Å². The molecule has 1 amide bonds. The molecule has 0 fully saturated rings. The number of amides is 1. The number of anilines is 1. The van der Waals surface area contributed by atoms with E-state index >= 15 is 0 Å². The van der Waals surface area contributed by atoms with Gasteiger partial charge in [0.2, 0.25) is 0 Å². The first-order valence-corrected chi connectivity index (χ1v) is 5.49. The van der Waals surface area contributed by atoms with E-state index in [1.807, 2.05) is 0 Å². The van der Waals surface area contributed by atoms with E-state index in [4.69, 9.17) is 5.11 Å². The maximum atomic E-state index is 11.8. The molecule has 1 aromatic carbocycles. The van der Waals surface area contributed by atoms with Gasteiger partial charge in [0.05, 0.1) is 4.92 Å². The summed E-state index contributed by atoms with van der Waals surface area (Å²) in [6.07, 6.45) is 2.26. The Morgan fingerprint density at radius 2 is 2.11 bits per heavy atom. The number of carboxylic acids is 1. The highest BCUT2D eigenvalue weighted by Gasteiger charge is 2.25. The molecule has 0 aliphatic carbocycles. The summed E-state index contributed by atoms with van der Waals surface area (Å²) >= 11 is 0. The number of hydrogen-bond acceptors (Lipinski definition) is 4. The van der Waals surface area contributed by atoms with E-state index in [2.05, 4.69) is 0 Å². The molecule has 7 heteroatoms. The predicted octanol–water partition coefficient (Wildman–Crippen LogP) is 1.12. The van der Waals surface area contributed by atoms with Gasteiger partial charge in [0, 0.05) is 36.5 Å². The molecule has 0 saturated carbocycles. The number of aliphatic carboxylic acids is 1. The maximum absolute atomic E-state index is 11.8. The first kappa shape index (κ1) is 12.7. The Bertz CT molecular complexity index is 594. The second-order valence-electron chi connectivity index (χ2n) is 3.98. The summed E-state index contributed by atoms with van der Waals surface area (Å²) in [5, 5.41) is 19.1. The molecule has 0 unspecified atom stereocenters. The van der Waals surface area contributed by atoms with Crippen molar-refractivity contribution in [3.63, 3.8) is 0 Å². The molecule has 98 valence electrons. The molecule has 0 atom stereocenters. The zero-order valence-corrected chi connectivity index (χ0v) is 9.78. The van der Waals surface area contributed by atoms with Gasteiger partial charge in [-0.05, 0) is 18.1 Å². The van der Waals surface area contributed by atoms with E-state index in [0.717, 1.165) is 12.2 Å². The smallest absolute Gasteiger partial charge is 0.328 e. The average Bonchev–Trinajstić information content (AvgIpc) is 2.78. The number of carbonyl (C=O) groups excluding carboxylic acids is 1. The van der Waals surface area contributed by atoms with E-state index in [1.165, 1.54) is 23.1 Å². The number of nitro benzene ring substituents is 1. The molecule has 1 aliphatic rings. The number of rotatable bonds is 3. The van der Waals surface area contributed by atoms with Gasteiger partial charge in [0.1, 0.15) is 0 Å². The van der Waals surface area contributed by atoms with Crippen molar-refractivity contribution in [3.8, 4) is 0 Å². The highest BCUT2D eigenvalue weighted by atomic mass is 16.6. The topological polar surface area (TPSA) is 101 Å². The third-order valence-electron chi connectivity index (χ3n) is 2.80. The van der Waals surface area contributed by atoms with Crippen LogP contribution in [0.15, 0.2) is 30.4 Å². The molecule has 0 spiro atoms. The van der Waals surface area contributed by atoms with E-state index in [1.54, 1.807) is 0 Å². The summed E-state index contributed by atoms with van der Waals surface area (Å²) in [5.41, 5.74) is 1.28. The van der Waals surface area contributed by atoms with E-state index in [9.17, 15) is 19.7 Å². The standard InChI is InChI=1S/C12H10N2O5/c15-11(3-4-12(16)17)13-6-5-8-7-9(14(18)19)1-2-10(8)13/h1-4,7H,5-6H2,(H,16,17). The van der Waals surface area contributed by atoms with Gasteiger partial charge in [0.25, 0.3) is 11.6 Å². The van der Waals surface area contributed by atoms with Crippen LogP contribution in [0, 0.1) is 10.1 Å². The van der Waals surface area contributed by atoms with Crippen molar-refractivity contribution in [2.24, 2.45) is 0 Å². The zero-order valence-electron chi connectivity index (χ0n) is 9.78. The van der Waals surface area contributed by atoms with Gasteiger partial charge < -0.3 is 10.0 Å². The quantitative estimate of drug-likeness (QED) is 0.499. The lowest BCUT2D eigenvalue weighted by Gasteiger charge is -2.14. The molecular formula is C12H10N2O5. The molecule has 1 aliphatic heterocycles. The number of non-ortho nitro benzene ring substituents is 1. The molecule has 0 bridgehead atoms. The van der Waals surface area contributed by atoms with Crippen LogP contribution in [0.2, 0.25) is 0 Å². The highest BCUT2D eigenvalue weighted by molar-refractivity contribution is 6.05. The molecule has 0 aromatic heterocycles. The Labute approximate surface area is 107 Å². The molecule has 0 saturated heterocycles. The molecule has 0 radical (unpaired) electrons. The number of carboxylic acid groups (broad SMARTS) is 1. The van der Waals surface area contributed by atoms with Crippen LogP contribution in [-0.4, -0.2) is 28.5 Å². The van der Waals surface area contributed by atoms with Crippen LogP contribution in [0.3, 0.4) is 0 Å². The van der Waals surface area contributed by atoms with Crippen LogP contribution in [0.1, 0.15) is 5.56 Å². The van der Waals surface area contributed by atoms with Crippen LogP contribution in [0.25, 0.3) is 0 Å². The average molecular weight is 262 g/mol. The Balaban J connectivity index is 2.25. The third-order valence-corrected chi connectivity index (χ3v) is 2.80. The molecule has 7 nitrogen and oxygen atoms in total. The van der Waals surface area contributed by atoms with Crippen LogP contribution in [0.5, 0.6) is 0 Å². The predicted molar refractivity (Wildman–Crippen MR) is 65.9 cm³/mol. The SMILES string of the molecule is O=C(O)C=CC(=O)N1CCc2cc([N+](=O)[O-])ccc21. The lowest BCUT2D eigenvalue weighted by molar-refractivity contribution is -0.384. The summed E-state index contributed by atoms with van der Waals surface area (Å²) < 4.78 is 0. The van der Waals surface area contributed by atoms with Gasteiger partial charge in [-0.3, -0.25) is 14.9 Å². The van der Waals surface area contributed by atoms with Gasteiger partial charge in [0.15, 0.2) is 0 Å². The van der Waals surface area contributed by atoms with Crippen molar-refractivity contribution in [1.29, 1.82) is 0 Å². The maximum Gasteiger partial charge on any atom is 0.328 e. The summed E-state index contributed by atoms with van der Waals surface area (Å²) in [4.78, 5) is 33.7. The third kappa shape index (κ3) is 2.59. The van der Waals surface area contributed by atoms with Gasteiger partial charge >= 0.3 is 5.97 Å². The van der Waals surface area contributed by atoms with Crippen molar-refractivity contribution in [1.82, 2.24) is 0 Å². The minimum atomic E-state index is -1.20. The molecule has 2 rings (SSSR count). The second-order valence-corrected chi connectivity index (χ2v) is 3.98. The first-order chi connectivity index (χ1) is 8.99. The van der Waals surface area contributed by atoms with Crippen LogP contribution >= 0.6 is 0 Å². The zero-order chi connectivity index (χ0) is 14.0. The fourth-order valence-corrected chi connectivity index (χ4v) is 1.96. The number of hydrogen-bond donors (Lipinski definition) is 1. The molecule has 1 heterocycles. The van der Waals surface area contributed by atoms with Crippen molar-refractivity contribution in [2.75, 3.05) is 11.4 Å². The monoisotopic (exact) mass is 262 g/mol. The second kappa shape index (κ2) is 4.89. The molecule has 19 heavy (non-hydrogen) atoms. The Hall–Kier alpha value is -2.70. The number of nitrogens with zero attached hydrogens (tertiary/aromatic N) is 2. The lowest BCUT2D eigenvalue weighted by atomic mass is 10.1.